The lowest BCUT2D eigenvalue weighted by Crippen LogP contribution is -1.95. The van der Waals surface area contributed by atoms with E-state index in [-0.39, 0.29) is 0 Å². The molecule has 0 unspecified atom stereocenters. The summed E-state index contributed by atoms with van der Waals surface area (Å²) >= 11 is 9.40. The average molecular weight is 301 g/mol. The number of halogens is 2. The molecule has 4 nitrogen and oxygen atoms in total. The lowest BCUT2D eigenvalue weighted by atomic mass is 10.1. The van der Waals surface area contributed by atoms with Crippen molar-refractivity contribution >= 4 is 33.8 Å². The number of aryl methyl sites for hydroxylation is 1. The van der Waals surface area contributed by atoms with Crippen molar-refractivity contribution in [1.82, 2.24) is 15.0 Å². The maximum absolute atomic E-state index is 10.6. The van der Waals surface area contributed by atoms with Gasteiger partial charge in [-0.2, -0.15) is 0 Å². The minimum Gasteiger partial charge on any atom is -0.298 e. The van der Waals surface area contributed by atoms with Gasteiger partial charge in [0.25, 0.3) is 0 Å². The Balaban J connectivity index is 2.61. The molecule has 6 heteroatoms. The molecule has 0 bridgehead atoms. The van der Waals surface area contributed by atoms with Crippen molar-refractivity contribution in [3.05, 3.63) is 33.4 Å². The van der Waals surface area contributed by atoms with E-state index in [1.807, 2.05) is 0 Å². The highest BCUT2D eigenvalue weighted by atomic mass is 79.9. The Bertz CT molecular complexity index is 533. The van der Waals surface area contributed by atoms with Crippen molar-refractivity contribution < 1.29 is 4.79 Å². The molecule has 0 amide bonds. The Morgan fingerprint density at radius 1 is 1.50 bits per heavy atom. The van der Waals surface area contributed by atoms with E-state index in [4.69, 9.17) is 11.6 Å². The fourth-order valence-corrected chi connectivity index (χ4v) is 2.23. The van der Waals surface area contributed by atoms with Crippen LogP contribution in [0.4, 0.5) is 0 Å². The number of rotatable bonds is 2. The van der Waals surface area contributed by atoms with Crippen LogP contribution in [-0.4, -0.2) is 21.3 Å². The van der Waals surface area contributed by atoms with E-state index in [0.717, 1.165) is 17.5 Å². The van der Waals surface area contributed by atoms with Crippen LogP contribution in [0.2, 0.25) is 5.02 Å². The van der Waals surface area contributed by atoms with Gasteiger partial charge in [-0.05, 0) is 22.0 Å². The van der Waals surface area contributed by atoms with Crippen LogP contribution in [0.5, 0.6) is 0 Å². The van der Waals surface area contributed by atoms with Crippen LogP contribution in [0, 0.1) is 0 Å². The summed E-state index contributed by atoms with van der Waals surface area (Å²) < 4.78 is 2.24. The van der Waals surface area contributed by atoms with Crippen LogP contribution in [0.3, 0.4) is 0 Å². The molecular weight excluding hydrogens is 293 g/mol. The number of nitrogens with zero attached hydrogens (tertiary/aromatic N) is 3. The number of carbonyl (C=O) groups excluding carboxylic acids is 1. The molecule has 0 N–H and O–H groups in total. The summed E-state index contributed by atoms with van der Waals surface area (Å²) in [5.41, 5.74) is 2.11. The van der Waals surface area contributed by atoms with Gasteiger partial charge in [0.15, 0.2) is 4.60 Å². The third-order valence-corrected chi connectivity index (χ3v) is 3.02. The molecule has 16 heavy (non-hydrogen) atoms. The molecule has 0 aliphatic carbocycles. The van der Waals surface area contributed by atoms with Gasteiger partial charge in [-0.25, -0.2) is 4.68 Å². The highest BCUT2D eigenvalue weighted by Gasteiger charge is 2.13. The molecule has 0 fully saturated rings. The van der Waals surface area contributed by atoms with Crippen molar-refractivity contribution in [1.29, 1.82) is 0 Å². The second kappa shape index (κ2) is 4.35. The highest BCUT2D eigenvalue weighted by Crippen LogP contribution is 2.31. The van der Waals surface area contributed by atoms with Gasteiger partial charge < -0.3 is 0 Å². The first-order valence-corrected chi connectivity index (χ1v) is 5.61. The zero-order valence-electron chi connectivity index (χ0n) is 8.32. The van der Waals surface area contributed by atoms with Crippen LogP contribution in [-0.2, 0) is 7.05 Å². The van der Waals surface area contributed by atoms with E-state index >= 15 is 0 Å². The molecule has 0 radical (unpaired) electrons. The van der Waals surface area contributed by atoms with Crippen molar-refractivity contribution in [2.75, 3.05) is 0 Å². The first-order chi connectivity index (χ1) is 7.63. The minimum atomic E-state index is 0.496. The van der Waals surface area contributed by atoms with Crippen LogP contribution in [0.1, 0.15) is 10.4 Å². The van der Waals surface area contributed by atoms with Crippen LogP contribution >= 0.6 is 27.5 Å². The predicted octanol–water partition coefficient (Wildman–Crippen LogP) is 2.71. The second-order valence-electron chi connectivity index (χ2n) is 3.21. The summed E-state index contributed by atoms with van der Waals surface area (Å²) in [6, 6.07) is 5.09. The topological polar surface area (TPSA) is 47.8 Å². The van der Waals surface area contributed by atoms with Gasteiger partial charge in [-0.15, -0.1) is 5.10 Å². The smallest absolute Gasteiger partial charge is 0.156 e. The second-order valence-corrected chi connectivity index (χ2v) is 4.37. The quantitative estimate of drug-likeness (QED) is 0.801. The number of hydrogen-bond donors (Lipinski definition) is 0. The first-order valence-electron chi connectivity index (χ1n) is 4.43. The Morgan fingerprint density at radius 2 is 2.25 bits per heavy atom. The highest BCUT2D eigenvalue weighted by molar-refractivity contribution is 9.10. The van der Waals surface area contributed by atoms with Crippen LogP contribution in [0.15, 0.2) is 22.8 Å². The molecule has 2 rings (SSSR count). The van der Waals surface area contributed by atoms with Gasteiger partial charge in [0.2, 0.25) is 0 Å². The summed E-state index contributed by atoms with van der Waals surface area (Å²) in [6.07, 6.45) is 0.756. The summed E-state index contributed by atoms with van der Waals surface area (Å²) in [5, 5.41) is 8.24. The number of hydrogen-bond acceptors (Lipinski definition) is 3. The minimum absolute atomic E-state index is 0.496. The molecule has 0 saturated heterocycles. The molecule has 0 saturated carbocycles. The summed E-state index contributed by atoms with van der Waals surface area (Å²) in [7, 11) is 1.77. The van der Waals surface area contributed by atoms with Gasteiger partial charge in [-0.1, -0.05) is 28.9 Å². The normalized spacial score (nSPS) is 10.4. The Kier molecular flexibility index (Phi) is 3.07. The number of benzene rings is 1. The molecule has 82 valence electrons. The Labute approximate surface area is 105 Å². The lowest BCUT2D eigenvalue weighted by Gasteiger charge is -2.04. The Hall–Kier alpha value is -1.20. The van der Waals surface area contributed by atoms with Gasteiger partial charge in [0, 0.05) is 18.2 Å². The molecule has 0 atom stereocenters. The van der Waals surface area contributed by atoms with Crippen molar-refractivity contribution in [3.63, 3.8) is 0 Å². The summed E-state index contributed by atoms with van der Waals surface area (Å²) in [6.45, 7) is 0. The van der Waals surface area contributed by atoms with E-state index < -0.39 is 0 Å². The van der Waals surface area contributed by atoms with Crippen molar-refractivity contribution in [3.8, 4) is 11.3 Å². The Morgan fingerprint density at radius 3 is 2.75 bits per heavy atom. The van der Waals surface area contributed by atoms with Crippen molar-refractivity contribution in [2.24, 2.45) is 7.05 Å². The maximum atomic E-state index is 10.6. The lowest BCUT2D eigenvalue weighted by molar-refractivity contribution is 0.112. The molecule has 0 aliphatic rings. The standard InChI is InChI=1S/C10H7BrClN3O/c1-15-9(10(11)13-14-15)7-3-2-6(5-16)4-8(7)12/h2-5H,1H3. The van der Waals surface area contributed by atoms with Crippen LogP contribution < -0.4 is 0 Å². The van der Waals surface area contributed by atoms with E-state index in [9.17, 15) is 4.79 Å². The maximum Gasteiger partial charge on any atom is 0.156 e. The van der Waals surface area contributed by atoms with Gasteiger partial charge in [0.1, 0.15) is 12.0 Å². The number of aldehydes is 1. The molecule has 2 aromatic rings. The molecular formula is C10H7BrClN3O. The van der Waals surface area contributed by atoms with E-state index in [1.54, 1.807) is 29.9 Å². The SMILES string of the molecule is Cn1nnc(Br)c1-c1ccc(C=O)cc1Cl. The molecule has 1 aromatic carbocycles. The molecule has 1 aromatic heterocycles. The predicted molar refractivity (Wildman–Crippen MR) is 64.5 cm³/mol. The van der Waals surface area contributed by atoms with Gasteiger partial charge in [0.05, 0.1) is 5.02 Å². The summed E-state index contributed by atoms with van der Waals surface area (Å²) in [4.78, 5) is 10.6. The average Bonchev–Trinajstić information content (AvgIpc) is 2.59. The number of aromatic nitrogens is 3. The molecule has 0 aliphatic heterocycles. The van der Waals surface area contributed by atoms with Gasteiger partial charge in [-0.3, -0.25) is 4.79 Å². The third-order valence-electron chi connectivity index (χ3n) is 2.17. The summed E-state index contributed by atoms with van der Waals surface area (Å²) in [5.74, 6) is 0. The van der Waals surface area contributed by atoms with E-state index in [0.29, 0.717) is 15.2 Å². The van der Waals surface area contributed by atoms with Crippen LogP contribution in [0.25, 0.3) is 11.3 Å². The van der Waals surface area contributed by atoms with E-state index in [1.165, 1.54) is 0 Å². The molecule has 1 heterocycles. The fraction of sp³-hybridized carbons (Fsp3) is 0.100. The zero-order chi connectivity index (χ0) is 11.7. The van der Waals surface area contributed by atoms with Gasteiger partial charge >= 0.3 is 0 Å². The third kappa shape index (κ3) is 1.88. The van der Waals surface area contributed by atoms with Crippen molar-refractivity contribution in [2.45, 2.75) is 0 Å². The van der Waals surface area contributed by atoms with E-state index in [2.05, 4.69) is 26.2 Å². The fourth-order valence-electron chi connectivity index (χ4n) is 1.41. The molecule has 0 spiro atoms. The largest absolute Gasteiger partial charge is 0.298 e. The monoisotopic (exact) mass is 299 g/mol. The number of carbonyl (C=O) groups is 1. The first kappa shape index (κ1) is 11.3. The zero-order valence-corrected chi connectivity index (χ0v) is 10.7.